The highest BCUT2D eigenvalue weighted by molar-refractivity contribution is 6.35. The lowest BCUT2D eigenvalue weighted by Gasteiger charge is -2.18. The van der Waals surface area contributed by atoms with E-state index in [0.29, 0.717) is 28.0 Å². The molecular formula is C17H18Cl2N2O2. The molecule has 0 bridgehead atoms. The lowest BCUT2D eigenvalue weighted by atomic mass is 10.2. The van der Waals surface area contributed by atoms with E-state index in [1.807, 2.05) is 30.1 Å². The molecule has 0 radical (unpaired) electrons. The van der Waals surface area contributed by atoms with Crippen LogP contribution in [-0.4, -0.2) is 31.5 Å². The summed E-state index contributed by atoms with van der Waals surface area (Å²) in [4.78, 5) is 14.0. The van der Waals surface area contributed by atoms with Crippen molar-refractivity contribution < 1.29 is 9.53 Å². The van der Waals surface area contributed by atoms with Crippen molar-refractivity contribution in [2.24, 2.45) is 0 Å². The predicted octanol–water partition coefficient (Wildman–Crippen LogP) is 4.07. The van der Waals surface area contributed by atoms with Gasteiger partial charge in [-0.3, -0.25) is 9.69 Å². The lowest BCUT2D eigenvalue weighted by Crippen LogP contribution is -2.30. The fourth-order valence-corrected chi connectivity index (χ4v) is 2.65. The van der Waals surface area contributed by atoms with Crippen molar-refractivity contribution in [2.45, 2.75) is 6.54 Å². The summed E-state index contributed by atoms with van der Waals surface area (Å²) >= 11 is 12.0. The van der Waals surface area contributed by atoms with Gasteiger partial charge >= 0.3 is 0 Å². The van der Waals surface area contributed by atoms with Gasteiger partial charge in [0.2, 0.25) is 5.91 Å². The third-order valence-corrected chi connectivity index (χ3v) is 3.84. The summed E-state index contributed by atoms with van der Waals surface area (Å²) in [5.74, 6) is 0.506. The molecule has 0 aromatic heterocycles. The first-order chi connectivity index (χ1) is 11.0. The van der Waals surface area contributed by atoms with Gasteiger partial charge in [-0.25, -0.2) is 0 Å². The van der Waals surface area contributed by atoms with E-state index in [1.54, 1.807) is 31.4 Å². The number of nitrogens with zero attached hydrogens (tertiary/aromatic N) is 1. The van der Waals surface area contributed by atoms with E-state index in [-0.39, 0.29) is 12.5 Å². The number of carbonyl (C=O) groups excluding carboxylic acids is 1. The SMILES string of the molecule is COc1ccccc1NC(=O)CN(C)Cc1ccc(Cl)cc1Cl. The predicted molar refractivity (Wildman–Crippen MR) is 94.4 cm³/mol. The Balaban J connectivity index is 1.94. The maximum Gasteiger partial charge on any atom is 0.238 e. The molecular weight excluding hydrogens is 335 g/mol. The van der Waals surface area contributed by atoms with Crippen LogP contribution in [-0.2, 0) is 11.3 Å². The molecule has 0 heterocycles. The molecule has 122 valence electrons. The number of nitrogens with one attached hydrogen (secondary N) is 1. The Labute approximate surface area is 146 Å². The molecule has 4 nitrogen and oxygen atoms in total. The molecule has 0 aliphatic rings. The Kier molecular flexibility index (Phi) is 6.28. The number of benzene rings is 2. The first-order valence-corrected chi connectivity index (χ1v) is 7.80. The Morgan fingerprint density at radius 1 is 1.22 bits per heavy atom. The number of hydrogen-bond donors (Lipinski definition) is 1. The summed E-state index contributed by atoms with van der Waals surface area (Å²) in [6.07, 6.45) is 0. The molecule has 0 atom stereocenters. The molecule has 0 saturated heterocycles. The molecule has 0 saturated carbocycles. The van der Waals surface area contributed by atoms with Crippen LogP contribution in [0.25, 0.3) is 0 Å². The van der Waals surface area contributed by atoms with Crippen LogP contribution in [0.2, 0.25) is 10.0 Å². The van der Waals surface area contributed by atoms with Crippen LogP contribution in [0.1, 0.15) is 5.56 Å². The number of halogens is 2. The minimum Gasteiger partial charge on any atom is -0.495 e. The molecule has 0 fully saturated rings. The van der Waals surface area contributed by atoms with Crippen molar-refractivity contribution >= 4 is 34.8 Å². The molecule has 1 N–H and O–H groups in total. The molecule has 0 unspecified atom stereocenters. The van der Waals surface area contributed by atoms with E-state index in [2.05, 4.69) is 5.32 Å². The van der Waals surface area contributed by atoms with Crippen LogP contribution >= 0.6 is 23.2 Å². The fraction of sp³-hybridized carbons (Fsp3) is 0.235. The monoisotopic (exact) mass is 352 g/mol. The fourth-order valence-electron chi connectivity index (χ4n) is 2.18. The highest BCUT2D eigenvalue weighted by Crippen LogP contribution is 2.23. The second-order valence-electron chi connectivity index (χ2n) is 5.16. The first kappa shape index (κ1) is 17.6. The number of methoxy groups -OCH3 is 1. The number of carbonyl (C=O) groups is 1. The van der Waals surface area contributed by atoms with Gasteiger partial charge in [-0.15, -0.1) is 0 Å². The summed E-state index contributed by atoms with van der Waals surface area (Å²) in [5, 5.41) is 4.03. The van der Waals surface area contributed by atoms with E-state index in [4.69, 9.17) is 27.9 Å². The topological polar surface area (TPSA) is 41.6 Å². The number of ether oxygens (including phenoxy) is 1. The van der Waals surface area contributed by atoms with Crippen LogP contribution in [0, 0.1) is 0 Å². The maximum absolute atomic E-state index is 12.2. The van der Waals surface area contributed by atoms with Crippen molar-refractivity contribution in [3.63, 3.8) is 0 Å². The third kappa shape index (κ3) is 5.13. The largest absolute Gasteiger partial charge is 0.495 e. The molecule has 2 aromatic rings. The molecule has 0 aliphatic carbocycles. The Bertz CT molecular complexity index is 692. The van der Waals surface area contributed by atoms with Gasteiger partial charge in [-0.05, 0) is 36.9 Å². The Hall–Kier alpha value is -1.75. The molecule has 2 aromatic carbocycles. The van der Waals surface area contributed by atoms with Crippen LogP contribution < -0.4 is 10.1 Å². The first-order valence-electron chi connectivity index (χ1n) is 7.05. The minimum absolute atomic E-state index is 0.123. The van der Waals surface area contributed by atoms with Crippen molar-refractivity contribution in [3.8, 4) is 5.75 Å². The van der Waals surface area contributed by atoms with Gasteiger partial charge in [-0.1, -0.05) is 41.4 Å². The average Bonchev–Trinajstić information content (AvgIpc) is 2.50. The quantitative estimate of drug-likeness (QED) is 0.851. The van der Waals surface area contributed by atoms with E-state index >= 15 is 0 Å². The van der Waals surface area contributed by atoms with Crippen molar-refractivity contribution in [1.82, 2.24) is 4.90 Å². The molecule has 23 heavy (non-hydrogen) atoms. The lowest BCUT2D eigenvalue weighted by molar-refractivity contribution is -0.117. The number of anilines is 1. The molecule has 0 spiro atoms. The van der Waals surface area contributed by atoms with Crippen LogP contribution in [0.3, 0.4) is 0 Å². The average molecular weight is 353 g/mol. The van der Waals surface area contributed by atoms with Gasteiger partial charge in [-0.2, -0.15) is 0 Å². The van der Waals surface area contributed by atoms with Gasteiger partial charge in [0, 0.05) is 16.6 Å². The minimum atomic E-state index is -0.123. The zero-order valence-corrected chi connectivity index (χ0v) is 14.5. The number of para-hydroxylation sites is 2. The van der Waals surface area contributed by atoms with E-state index in [9.17, 15) is 4.79 Å². The van der Waals surface area contributed by atoms with Crippen LogP contribution in [0.4, 0.5) is 5.69 Å². The van der Waals surface area contributed by atoms with Crippen molar-refractivity contribution in [1.29, 1.82) is 0 Å². The molecule has 6 heteroatoms. The van der Waals surface area contributed by atoms with Crippen LogP contribution in [0.5, 0.6) is 5.75 Å². The summed E-state index contributed by atoms with van der Waals surface area (Å²) in [6.45, 7) is 0.784. The van der Waals surface area contributed by atoms with E-state index < -0.39 is 0 Å². The second-order valence-corrected chi connectivity index (χ2v) is 6.00. The summed E-state index contributed by atoms with van der Waals surface area (Å²) in [7, 11) is 3.42. The second kappa shape index (κ2) is 8.20. The van der Waals surface area contributed by atoms with E-state index in [1.165, 1.54) is 0 Å². The highest BCUT2D eigenvalue weighted by Gasteiger charge is 2.11. The van der Waals surface area contributed by atoms with Gasteiger partial charge in [0.1, 0.15) is 5.75 Å². The van der Waals surface area contributed by atoms with Gasteiger partial charge in [0.05, 0.1) is 19.3 Å². The van der Waals surface area contributed by atoms with Gasteiger partial charge in [0.15, 0.2) is 0 Å². The number of likely N-dealkylation sites (N-methyl/N-ethyl adjacent to an activating group) is 1. The third-order valence-electron chi connectivity index (χ3n) is 3.25. The Morgan fingerprint density at radius 3 is 2.65 bits per heavy atom. The number of rotatable bonds is 6. The highest BCUT2D eigenvalue weighted by atomic mass is 35.5. The zero-order chi connectivity index (χ0) is 16.8. The zero-order valence-electron chi connectivity index (χ0n) is 13.0. The number of hydrogen-bond acceptors (Lipinski definition) is 3. The van der Waals surface area contributed by atoms with Crippen molar-refractivity contribution in [3.05, 3.63) is 58.1 Å². The normalized spacial score (nSPS) is 10.7. The van der Waals surface area contributed by atoms with Crippen molar-refractivity contribution in [2.75, 3.05) is 26.0 Å². The summed E-state index contributed by atoms with van der Waals surface area (Å²) < 4.78 is 5.22. The smallest absolute Gasteiger partial charge is 0.238 e. The summed E-state index contributed by atoms with van der Waals surface area (Å²) in [5.41, 5.74) is 1.57. The maximum atomic E-state index is 12.2. The van der Waals surface area contributed by atoms with E-state index in [0.717, 1.165) is 5.56 Å². The standard InChI is InChI=1S/C17H18Cl2N2O2/c1-21(10-12-7-8-13(18)9-14(12)19)11-17(22)20-15-5-3-4-6-16(15)23-2/h3-9H,10-11H2,1-2H3,(H,20,22). The Morgan fingerprint density at radius 2 is 1.96 bits per heavy atom. The molecule has 2 rings (SSSR count). The molecule has 0 aliphatic heterocycles. The summed E-state index contributed by atoms with van der Waals surface area (Å²) in [6, 6.07) is 12.6. The molecule has 1 amide bonds. The number of amides is 1. The van der Waals surface area contributed by atoms with Gasteiger partial charge in [0.25, 0.3) is 0 Å². The van der Waals surface area contributed by atoms with Gasteiger partial charge < -0.3 is 10.1 Å². The van der Waals surface area contributed by atoms with Crippen LogP contribution in [0.15, 0.2) is 42.5 Å².